The number of benzene rings is 1. The first kappa shape index (κ1) is 15.9. The fourth-order valence-corrected chi connectivity index (χ4v) is 2.76. The molecule has 26 heavy (non-hydrogen) atoms. The molecule has 0 unspecified atom stereocenters. The molecule has 8 heteroatoms. The summed E-state index contributed by atoms with van der Waals surface area (Å²) in [6, 6.07) is 14.5. The Morgan fingerprint density at radius 2 is 1.77 bits per heavy atom. The first-order valence-electron chi connectivity index (χ1n) is 8.12. The second-order valence-electron chi connectivity index (χ2n) is 5.75. The van der Waals surface area contributed by atoms with Crippen LogP contribution in [0.2, 0.25) is 0 Å². The van der Waals surface area contributed by atoms with Crippen molar-refractivity contribution in [3.8, 4) is 11.5 Å². The first-order chi connectivity index (χ1) is 12.7. The number of pyridine rings is 1. The zero-order chi connectivity index (χ0) is 17.9. The van der Waals surface area contributed by atoms with E-state index in [9.17, 15) is 9.59 Å². The van der Waals surface area contributed by atoms with Gasteiger partial charge in [-0.15, -0.1) is 0 Å². The molecule has 1 aliphatic rings. The standard InChI is InChI=1S/C18H15N5O3/c24-17-18(25)23(13-6-2-1-3-7-13)11-10-22(17)12-15-20-16(21-26-15)14-8-4-5-9-19-14/h1-9H,10-12H2. The van der Waals surface area contributed by atoms with Crippen molar-refractivity contribution in [1.29, 1.82) is 0 Å². The summed E-state index contributed by atoms with van der Waals surface area (Å²) < 4.78 is 5.20. The minimum Gasteiger partial charge on any atom is -0.337 e. The zero-order valence-electron chi connectivity index (χ0n) is 13.8. The van der Waals surface area contributed by atoms with Gasteiger partial charge in [-0.05, 0) is 24.3 Å². The lowest BCUT2D eigenvalue weighted by atomic mass is 10.2. The van der Waals surface area contributed by atoms with Crippen molar-refractivity contribution in [2.45, 2.75) is 6.54 Å². The molecule has 130 valence electrons. The molecule has 3 aromatic rings. The van der Waals surface area contributed by atoms with Crippen LogP contribution in [0.4, 0.5) is 5.69 Å². The lowest BCUT2D eigenvalue weighted by Crippen LogP contribution is -2.54. The minimum atomic E-state index is -0.585. The molecule has 0 N–H and O–H groups in total. The van der Waals surface area contributed by atoms with Gasteiger partial charge in [-0.2, -0.15) is 4.98 Å². The first-order valence-corrected chi connectivity index (χ1v) is 8.12. The van der Waals surface area contributed by atoms with E-state index in [2.05, 4.69) is 15.1 Å². The van der Waals surface area contributed by atoms with Crippen LogP contribution in [0.25, 0.3) is 11.5 Å². The SMILES string of the molecule is O=C1C(=O)N(c2ccccc2)CCN1Cc1nc(-c2ccccn2)no1. The second-order valence-corrected chi connectivity index (χ2v) is 5.75. The maximum atomic E-state index is 12.4. The van der Waals surface area contributed by atoms with Crippen molar-refractivity contribution in [1.82, 2.24) is 20.0 Å². The molecule has 8 nitrogen and oxygen atoms in total. The number of carbonyl (C=O) groups excluding carboxylic acids is 2. The molecule has 0 bridgehead atoms. The smallest absolute Gasteiger partial charge is 0.316 e. The van der Waals surface area contributed by atoms with Gasteiger partial charge in [0.05, 0.1) is 0 Å². The third-order valence-electron chi connectivity index (χ3n) is 4.06. The highest BCUT2D eigenvalue weighted by molar-refractivity contribution is 6.40. The molecule has 0 radical (unpaired) electrons. The predicted octanol–water partition coefficient (Wildman–Crippen LogP) is 1.51. The van der Waals surface area contributed by atoms with Crippen LogP contribution >= 0.6 is 0 Å². The lowest BCUT2D eigenvalue weighted by molar-refractivity contribution is -0.146. The molecule has 1 saturated heterocycles. The number of hydrogen-bond acceptors (Lipinski definition) is 6. The molecule has 1 aromatic carbocycles. The van der Waals surface area contributed by atoms with Crippen LogP contribution in [0.3, 0.4) is 0 Å². The quantitative estimate of drug-likeness (QED) is 0.663. The minimum absolute atomic E-state index is 0.0903. The predicted molar refractivity (Wildman–Crippen MR) is 91.7 cm³/mol. The Hall–Kier alpha value is -3.55. The molecule has 1 aliphatic heterocycles. The average Bonchev–Trinajstić information content (AvgIpc) is 3.16. The maximum absolute atomic E-state index is 12.4. The van der Waals surface area contributed by atoms with Crippen molar-refractivity contribution in [2.24, 2.45) is 0 Å². The number of piperazine rings is 1. The van der Waals surface area contributed by atoms with Crippen LogP contribution in [0.1, 0.15) is 5.89 Å². The van der Waals surface area contributed by atoms with Gasteiger partial charge in [0.2, 0.25) is 11.7 Å². The fourth-order valence-electron chi connectivity index (χ4n) is 2.76. The van der Waals surface area contributed by atoms with Crippen LogP contribution < -0.4 is 4.90 Å². The number of hydrogen-bond donors (Lipinski definition) is 0. The number of rotatable bonds is 4. The fraction of sp³-hybridized carbons (Fsp3) is 0.167. The summed E-state index contributed by atoms with van der Waals surface area (Å²) in [6.45, 7) is 0.892. The van der Waals surface area contributed by atoms with Gasteiger partial charge in [0.25, 0.3) is 0 Å². The molecule has 0 aliphatic carbocycles. The van der Waals surface area contributed by atoms with Crippen LogP contribution in [-0.4, -0.2) is 44.9 Å². The van der Waals surface area contributed by atoms with E-state index in [4.69, 9.17) is 4.52 Å². The maximum Gasteiger partial charge on any atom is 0.316 e. The molecule has 0 saturated carbocycles. The normalized spacial score (nSPS) is 14.8. The Bertz CT molecular complexity index is 926. The number of para-hydroxylation sites is 1. The third kappa shape index (κ3) is 3.04. The van der Waals surface area contributed by atoms with Crippen molar-refractivity contribution in [3.63, 3.8) is 0 Å². The summed E-state index contributed by atoms with van der Waals surface area (Å²) in [6.07, 6.45) is 1.64. The van der Waals surface area contributed by atoms with Crippen molar-refractivity contribution in [2.75, 3.05) is 18.0 Å². The Morgan fingerprint density at radius 1 is 0.962 bits per heavy atom. The average molecular weight is 349 g/mol. The van der Waals surface area contributed by atoms with Gasteiger partial charge in [-0.25, -0.2) is 0 Å². The highest BCUT2D eigenvalue weighted by Crippen LogP contribution is 2.19. The summed E-state index contributed by atoms with van der Waals surface area (Å²) in [5.41, 5.74) is 1.29. The number of nitrogens with zero attached hydrogens (tertiary/aromatic N) is 5. The molecule has 0 spiro atoms. The van der Waals surface area contributed by atoms with Crippen molar-refractivity contribution >= 4 is 17.5 Å². The van der Waals surface area contributed by atoms with Gasteiger partial charge in [0, 0.05) is 25.0 Å². The Balaban J connectivity index is 1.46. The van der Waals surface area contributed by atoms with Crippen LogP contribution in [0, 0.1) is 0 Å². The number of amides is 2. The molecule has 3 heterocycles. The summed E-state index contributed by atoms with van der Waals surface area (Å²) in [4.78, 5) is 36.1. The van der Waals surface area contributed by atoms with Crippen LogP contribution in [-0.2, 0) is 16.1 Å². The van der Waals surface area contributed by atoms with E-state index in [1.807, 2.05) is 24.3 Å². The van der Waals surface area contributed by atoms with Crippen molar-refractivity contribution in [3.05, 3.63) is 60.6 Å². The highest BCUT2D eigenvalue weighted by atomic mass is 16.5. The van der Waals surface area contributed by atoms with E-state index in [-0.39, 0.29) is 12.4 Å². The topological polar surface area (TPSA) is 92.4 Å². The Morgan fingerprint density at radius 3 is 2.54 bits per heavy atom. The zero-order valence-corrected chi connectivity index (χ0v) is 13.8. The summed E-state index contributed by atoms with van der Waals surface area (Å²) in [7, 11) is 0. The number of carbonyl (C=O) groups is 2. The molecular weight excluding hydrogens is 334 g/mol. The number of aromatic nitrogens is 3. The van der Waals surface area contributed by atoms with E-state index >= 15 is 0 Å². The lowest BCUT2D eigenvalue weighted by Gasteiger charge is -2.32. The van der Waals surface area contributed by atoms with E-state index in [1.54, 1.807) is 30.5 Å². The summed E-state index contributed by atoms with van der Waals surface area (Å²) in [5, 5.41) is 3.88. The van der Waals surface area contributed by atoms with Gasteiger partial charge in [-0.3, -0.25) is 14.6 Å². The van der Waals surface area contributed by atoms with Gasteiger partial charge in [-0.1, -0.05) is 29.4 Å². The molecule has 2 amide bonds. The van der Waals surface area contributed by atoms with E-state index < -0.39 is 11.8 Å². The van der Waals surface area contributed by atoms with Crippen molar-refractivity contribution < 1.29 is 14.1 Å². The number of anilines is 1. The molecule has 1 fully saturated rings. The molecular formula is C18H15N5O3. The van der Waals surface area contributed by atoms with E-state index in [1.165, 1.54) is 9.80 Å². The monoisotopic (exact) mass is 349 g/mol. The molecule has 0 atom stereocenters. The van der Waals surface area contributed by atoms with Crippen LogP contribution in [0.5, 0.6) is 0 Å². The van der Waals surface area contributed by atoms with Gasteiger partial charge >= 0.3 is 11.8 Å². The Kier molecular flexibility index (Phi) is 4.14. The largest absolute Gasteiger partial charge is 0.337 e. The molecule has 2 aromatic heterocycles. The summed E-state index contributed by atoms with van der Waals surface area (Å²) >= 11 is 0. The van der Waals surface area contributed by atoms with Crippen LogP contribution in [0.15, 0.2) is 59.3 Å². The van der Waals surface area contributed by atoms with E-state index in [0.717, 1.165) is 0 Å². The third-order valence-corrected chi connectivity index (χ3v) is 4.06. The highest BCUT2D eigenvalue weighted by Gasteiger charge is 2.34. The summed E-state index contributed by atoms with van der Waals surface area (Å²) in [5.74, 6) is -0.535. The van der Waals surface area contributed by atoms with Gasteiger partial charge in [0.1, 0.15) is 12.2 Å². The molecule has 4 rings (SSSR count). The Labute approximate surface area is 149 Å². The van der Waals surface area contributed by atoms with Gasteiger partial charge in [0.15, 0.2) is 0 Å². The van der Waals surface area contributed by atoms with Gasteiger partial charge < -0.3 is 14.3 Å². The van der Waals surface area contributed by atoms with E-state index in [0.29, 0.717) is 30.3 Å². The second kappa shape index (κ2) is 6.75.